The van der Waals surface area contributed by atoms with E-state index >= 15 is 0 Å². The van der Waals surface area contributed by atoms with Gasteiger partial charge in [0.05, 0.1) is 0 Å². The maximum Gasteiger partial charge on any atom is -0.00477 e. The molecule has 0 heterocycles. The van der Waals surface area contributed by atoms with Crippen molar-refractivity contribution in [2.75, 3.05) is 0 Å². The van der Waals surface area contributed by atoms with Crippen LogP contribution >= 0.6 is 0 Å². The van der Waals surface area contributed by atoms with Crippen molar-refractivity contribution in [1.82, 2.24) is 0 Å². The monoisotopic (exact) mass is 153 g/mol. The van der Waals surface area contributed by atoms with Crippen molar-refractivity contribution in [3.05, 3.63) is 12.7 Å². The zero-order chi connectivity index (χ0) is 8.36. The van der Waals surface area contributed by atoms with Gasteiger partial charge in [-0.05, 0) is 31.9 Å². The number of hydrogen-bond acceptors (Lipinski definition) is 1. The number of hydrogen-bond donors (Lipinski definition) is 1. The summed E-state index contributed by atoms with van der Waals surface area (Å²) in [5.41, 5.74) is 0. The highest BCUT2D eigenvalue weighted by molar-refractivity contribution is 5.52. The molecule has 11 heavy (non-hydrogen) atoms. The lowest BCUT2D eigenvalue weighted by Crippen LogP contribution is -1.79. The van der Waals surface area contributed by atoms with E-state index in [0.717, 1.165) is 12.8 Å². The molecule has 0 aliphatic carbocycles. The quantitative estimate of drug-likeness (QED) is 0.313. The highest BCUT2D eigenvalue weighted by Gasteiger charge is 1.87. The second-order valence-corrected chi connectivity index (χ2v) is 2.84. The van der Waals surface area contributed by atoms with E-state index in [0.29, 0.717) is 0 Å². The van der Waals surface area contributed by atoms with E-state index in [2.05, 4.69) is 6.58 Å². The highest BCUT2D eigenvalue weighted by atomic mass is 14.3. The van der Waals surface area contributed by atoms with Gasteiger partial charge in [0.1, 0.15) is 0 Å². The third-order valence-corrected chi connectivity index (χ3v) is 1.76. The summed E-state index contributed by atoms with van der Waals surface area (Å²) in [5, 5.41) is 6.81. The summed E-state index contributed by atoms with van der Waals surface area (Å²) in [7, 11) is 0. The van der Waals surface area contributed by atoms with Gasteiger partial charge in [0.2, 0.25) is 0 Å². The molecule has 0 amide bonds. The molecule has 1 nitrogen and oxygen atoms in total. The van der Waals surface area contributed by atoms with Gasteiger partial charge in [-0.2, -0.15) is 0 Å². The first-order chi connectivity index (χ1) is 5.41. The first-order valence-electron chi connectivity index (χ1n) is 4.51. The molecule has 0 spiro atoms. The molecule has 64 valence electrons. The summed E-state index contributed by atoms with van der Waals surface area (Å²) in [4.78, 5) is 0. The number of rotatable bonds is 8. The van der Waals surface area contributed by atoms with Crippen molar-refractivity contribution in [2.24, 2.45) is 0 Å². The fourth-order valence-electron chi connectivity index (χ4n) is 1.07. The molecular formula is C10H19N. The van der Waals surface area contributed by atoms with E-state index in [9.17, 15) is 0 Å². The molecule has 1 N–H and O–H groups in total. The van der Waals surface area contributed by atoms with Crippen molar-refractivity contribution >= 4 is 6.21 Å². The third kappa shape index (κ3) is 9.41. The molecule has 0 fully saturated rings. The van der Waals surface area contributed by atoms with E-state index in [1.165, 1.54) is 38.3 Å². The standard InChI is InChI=1S/C10H19N/c1-2-3-4-5-6-7-8-9-10-11/h2,10-11H,1,3-9H2. The van der Waals surface area contributed by atoms with Crippen LogP contribution in [0, 0.1) is 5.41 Å². The predicted molar refractivity (Wildman–Crippen MR) is 51.3 cm³/mol. The van der Waals surface area contributed by atoms with Crippen LogP contribution in [0.25, 0.3) is 0 Å². The molecule has 0 aromatic heterocycles. The normalized spacial score (nSPS) is 9.45. The van der Waals surface area contributed by atoms with Crippen LogP contribution in [0.3, 0.4) is 0 Å². The maximum atomic E-state index is 6.81. The van der Waals surface area contributed by atoms with Crippen LogP contribution in [0.2, 0.25) is 0 Å². The van der Waals surface area contributed by atoms with Crippen LogP contribution < -0.4 is 0 Å². The SMILES string of the molecule is C=CCCCCCCCC=N. The lowest BCUT2D eigenvalue weighted by molar-refractivity contribution is 0.628. The summed E-state index contributed by atoms with van der Waals surface area (Å²) >= 11 is 0. The second-order valence-electron chi connectivity index (χ2n) is 2.84. The van der Waals surface area contributed by atoms with Gasteiger partial charge in [-0.25, -0.2) is 0 Å². The minimum absolute atomic E-state index is 0.960. The van der Waals surface area contributed by atoms with Crippen LogP contribution in [0.4, 0.5) is 0 Å². The molecule has 0 bridgehead atoms. The molecule has 0 aliphatic heterocycles. The Hall–Kier alpha value is -0.590. The summed E-state index contributed by atoms with van der Waals surface area (Å²) in [6.07, 6.45) is 12.0. The largest absolute Gasteiger partial charge is 0.313 e. The van der Waals surface area contributed by atoms with Gasteiger partial charge in [0, 0.05) is 0 Å². The average Bonchev–Trinajstić information content (AvgIpc) is 2.03. The zero-order valence-corrected chi connectivity index (χ0v) is 7.31. The van der Waals surface area contributed by atoms with E-state index in [1.807, 2.05) is 6.08 Å². The van der Waals surface area contributed by atoms with Gasteiger partial charge in [0.15, 0.2) is 0 Å². The Bertz CT molecular complexity index is 85.0. The van der Waals surface area contributed by atoms with Crippen LogP contribution in [-0.2, 0) is 0 Å². The van der Waals surface area contributed by atoms with Crippen LogP contribution in [0.15, 0.2) is 12.7 Å². The molecule has 0 radical (unpaired) electrons. The van der Waals surface area contributed by atoms with E-state index in [4.69, 9.17) is 5.41 Å². The Morgan fingerprint density at radius 3 is 2.00 bits per heavy atom. The van der Waals surface area contributed by atoms with Crippen molar-refractivity contribution < 1.29 is 0 Å². The third-order valence-electron chi connectivity index (χ3n) is 1.76. The Labute approximate surface area is 70.0 Å². The molecule has 0 aliphatic rings. The van der Waals surface area contributed by atoms with Crippen LogP contribution in [0.5, 0.6) is 0 Å². The fraction of sp³-hybridized carbons (Fsp3) is 0.700. The van der Waals surface area contributed by atoms with Gasteiger partial charge in [-0.1, -0.05) is 25.3 Å². The van der Waals surface area contributed by atoms with Crippen molar-refractivity contribution in [2.45, 2.75) is 44.9 Å². The van der Waals surface area contributed by atoms with E-state index < -0.39 is 0 Å². The van der Waals surface area contributed by atoms with Gasteiger partial charge >= 0.3 is 0 Å². The summed E-state index contributed by atoms with van der Waals surface area (Å²) in [6, 6.07) is 0. The van der Waals surface area contributed by atoms with Gasteiger partial charge < -0.3 is 5.41 Å². The van der Waals surface area contributed by atoms with Gasteiger partial charge in [0.25, 0.3) is 0 Å². The minimum Gasteiger partial charge on any atom is -0.313 e. The summed E-state index contributed by atoms with van der Waals surface area (Å²) < 4.78 is 0. The predicted octanol–water partition coefficient (Wildman–Crippen LogP) is 3.55. The lowest BCUT2D eigenvalue weighted by atomic mass is 10.1. The average molecular weight is 153 g/mol. The minimum atomic E-state index is 0.960. The molecule has 0 saturated carbocycles. The van der Waals surface area contributed by atoms with Gasteiger partial charge in [-0.15, -0.1) is 6.58 Å². The summed E-state index contributed by atoms with van der Waals surface area (Å²) in [5.74, 6) is 0. The van der Waals surface area contributed by atoms with Crippen molar-refractivity contribution in [3.8, 4) is 0 Å². The van der Waals surface area contributed by atoms with Crippen LogP contribution in [0.1, 0.15) is 44.9 Å². The van der Waals surface area contributed by atoms with Gasteiger partial charge in [-0.3, -0.25) is 0 Å². The first kappa shape index (κ1) is 10.4. The lowest BCUT2D eigenvalue weighted by Gasteiger charge is -1.96. The molecule has 0 atom stereocenters. The molecule has 0 saturated heterocycles. The molecule has 1 heteroatoms. The molecule has 0 rings (SSSR count). The molecule has 0 unspecified atom stereocenters. The van der Waals surface area contributed by atoms with E-state index in [1.54, 1.807) is 0 Å². The number of nitrogens with one attached hydrogen (secondary N) is 1. The molecule has 0 aromatic rings. The first-order valence-corrected chi connectivity index (χ1v) is 4.51. The Kier molecular flexibility index (Phi) is 8.91. The van der Waals surface area contributed by atoms with Crippen molar-refractivity contribution in [1.29, 1.82) is 5.41 Å². The fourth-order valence-corrected chi connectivity index (χ4v) is 1.07. The topological polar surface area (TPSA) is 23.9 Å². The Morgan fingerprint density at radius 1 is 0.909 bits per heavy atom. The number of unbranched alkanes of at least 4 members (excludes halogenated alkanes) is 6. The molecule has 0 aromatic carbocycles. The maximum absolute atomic E-state index is 6.81. The Balaban J connectivity index is 2.79. The number of allylic oxidation sites excluding steroid dienone is 1. The van der Waals surface area contributed by atoms with Crippen LogP contribution in [-0.4, -0.2) is 6.21 Å². The highest BCUT2D eigenvalue weighted by Crippen LogP contribution is 2.06. The zero-order valence-electron chi connectivity index (χ0n) is 7.31. The Morgan fingerprint density at radius 2 is 1.45 bits per heavy atom. The van der Waals surface area contributed by atoms with Crippen molar-refractivity contribution in [3.63, 3.8) is 0 Å². The summed E-state index contributed by atoms with van der Waals surface area (Å²) in [6.45, 7) is 3.68. The smallest absolute Gasteiger partial charge is 0.00477 e. The molecular weight excluding hydrogens is 134 g/mol. The van der Waals surface area contributed by atoms with E-state index in [-0.39, 0.29) is 0 Å². The second kappa shape index (κ2) is 9.41.